The Morgan fingerprint density at radius 1 is 1.33 bits per heavy atom. The highest BCUT2D eigenvalue weighted by molar-refractivity contribution is 7.89. The highest BCUT2D eigenvalue weighted by atomic mass is 35.5. The molecule has 0 saturated carbocycles. The van der Waals surface area contributed by atoms with Gasteiger partial charge in [0, 0.05) is 36.1 Å². The summed E-state index contributed by atoms with van der Waals surface area (Å²) in [5.74, 6) is -0.145. The van der Waals surface area contributed by atoms with Gasteiger partial charge in [-0.2, -0.15) is 4.31 Å². The Morgan fingerprint density at radius 3 is 2.83 bits per heavy atom. The molecule has 2 aromatic rings. The maximum atomic E-state index is 13.2. The number of nitrogens with zero attached hydrogens (tertiary/aromatic N) is 2. The second-order valence-electron chi connectivity index (χ2n) is 5.95. The van der Waals surface area contributed by atoms with Gasteiger partial charge < -0.3 is 10.4 Å². The van der Waals surface area contributed by atoms with E-state index in [-0.39, 0.29) is 29.2 Å². The summed E-state index contributed by atoms with van der Waals surface area (Å²) >= 11 is 0. The molecule has 1 aromatic heterocycles. The number of pyridine rings is 1. The van der Waals surface area contributed by atoms with E-state index in [1.165, 1.54) is 6.20 Å². The molecule has 6 nitrogen and oxygen atoms in total. The first-order chi connectivity index (χ1) is 10.9. The van der Waals surface area contributed by atoms with Crippen LogP contribution in [-0.4, -0.2) is 48.5 Å². The summed E-state index contributed by atoms with van der Waals surface area (Å²) in [5, 5.41) is 14.2. The van der Waals surface area contributed by atoms with E-state index >= 15 is 0 Å². The van der Waals surface area contributed by atoms with Crippen molar-refractivity contribution in [3.05, 3.63) is 30.0 Å². The summed E-state index contributed by atoms with van der Waals surface area (Å²) in [6, 6.07) is 4.88. The number of aromatic hydroxyl groups is 1. The first-order valence-corrected chi connectivity index (χ1v) is 9.17. The van der Waals surface area contributed by atoms with E-state index in [9.17, 15) is 13.5 Å². The van der Waals surface area contributed by atoms with E-state index in [1.54, 1.807) is 29.4 Å². The van der Waals surface area contributed by atoms with Crippen LogP contribution in [0.3, 0.4) is 0 Å². The van der Waals surface area contributed by atoms with Crippen molar-refractivity contribution < 1.29 is 13.5 Å². The molecule has 0 unspecified atom stereocenters. The van der Waals surface area contributed by atoms with Crippen molar-refractivity contribution in [2.45, 2.75) is 31.2 Å². The Labute approximate surface area is 148 Å². The van der Waals surface area contributed by atoms with Crippen LogP contribution in [-0.2, 0) is 10.0 Å². The van der Waals surface area contributed by atoms with Crippen LogP contribution in [0.2, 0.25) is 0 Å². The van der Waals surface area contributed by atoms with Crippen LogP contribution in [0.5, 0.6) is 5.88 Å². The maximum absolute atomic E-state index is 13.2. The molecule has 0 spiro atoms. The maximum Gasteiger partial charge on any atom is 0.243 e. The standard InChI is InChI=1S/C16H21N3O3S.ClH/c1-11-10-18-16(20)13-4-3-5-14(15(11)13)23(21,22)19-9-8-17-7-6-12(19)2;/h3-5,10,12,17H,6-9H2,1-2H3,(H,18,20);1H/t12-;/m0./s1. The first kappa shape index (κ1) is 18.9. The van der Waals surface area contributed by atoms with Crippen LogP contribution in [0, 0.1) is 6.92 Å². The molecule has 0 amide bonds. The molecule has 24 heavy (non-hydrogen) atoms. The molecule has 0 bridgehead atoms. The normalized spacial score (nSPS) is 19.7. The van der Waals surface area contributed by atoms with Gasteiger partial charge >= 0.3 is 0 Å². The highest BCUT2D eigenvalue weighted by Gasteiger charge is 2.31. The van der Waals surface area contributed by atoms with Crippen molar-refractivity contribution in [3.63, 3.8) is 0 Å². The third-order valence-corrected chi connectivity index (χ3v) is 6.42. The molecule has 1 fully saturated rings. The van der Waals surface area contributed by atoms with Crippen molar-refractivity contribution in [3.8, 4) is 5.88 Å². The number of aryl methyl sites for hydroxylation is 1. The summed E-state index contributed by atoms with van der Waals surface area (Å²) in [4.78, 5) is 4.14. The summed E-state index contributed by atoms with van der Waals surface area (Å²) in [5.41, 5.74) is 0.734. The van der Waals surface area contributed by atoms with Crippen LogP contribution in [0.25, 0.3) is 10.8 Å². The quantitative estimate of drug-likeness (QED) is 0.844. The van der Waals surface area contributed by atoms with Crippen LogP contribution in [0.1, 0.15) is 18.9 Å². The van der Waals surface area contributed by atoms with Gasteiger partial charge in [0.25, 0.3) is 0 Å². The van der Waals surface area contributed by atoms with Gasteiger partial charge in [-0.1, -0.05) is 6.07 Å². The van der Waals surface area contributed by atoms with Crippen molar-refractivity contribution in [2.24, 2.45) is 0 Å². The number of fused-ring (bicyclic) bond motifs is 1. The van der Waals surface area contributed by atoms with E-state index in [0.717, 1.165) is 18.5 Å². The average Bonchev–Trinajstić information content (AvgIpc) is 2.75. The number of hydrogen-bond donors (Lipinski definition) is 2. The monoisotopic (exact) mass is 371 g/mol. The second-order valence-corrected chi connectivity index (χ2v) is 7.81. The van der Waals surface area contributed by atoms with Gasteiger partial charge in [-0.05, 0) is 44.5 Å². The molecular weight excluding hydrogens is 350 g/mol. The number of aromatic nitrogens is 1. The van der Waals surface area contributed by atoms with Gasteiger partial charge in [0.1, 0.15) is 0 Å². The van der Waals surface area contributed by atoms with Crippen molar-refractivity contribution in [1.29, 1.82) is 0 Å². The smallest absolute Gasteiger partial charge is 0.243 e. The third kappa shape index (κ3) is 3.21. The van der Waals surface area contributed by atoms with Crippen LogP contribution < -0.4 is 5.32 Å². The summed E-state index contributed by atoms with van der Waals surface area (Å²) in [6.45, 7) is 5.63. The number of benzene rings is 1. The van der Waals surface area contributed by atoms with Gasteiger partial charge in [0.05, 0.1) is 4.90 Å². The zero-order chi connectivity index (χ0) is 16.6. The largest absolute Gasteiger partial charge is 0.493 e. The van der Waals surface area contributed by atoms with Gasteiger partial charge in [-0.3, -0.25) is 0 Å². The number of hydrogen-bond acceptors (Lipinski definition) is 5. The molecule has 8 heteroatoms. The minimum Gasteiger partial charge on any atom is -0.493 e. The zero-order valence-corrected chi connectivity index (χ0v) is 15.3. The first-order valence-electron chi connectivity index (χ1n) is 7.73. The molecule has 0 aliphatic carbocycles. The minimum atomic E-state index is -3.65. The van der Waals surface area contributed by atoms with E-state index < -0.39 is 10.0 Å². The molecule has 1 aliphatic rings. The molecular formula is C16H22ClN3O3S. The Hall–Kier alpha value is -1.41. The molecule has 2 N–H and O–H groups in total. The zero-order valence-electron chi connectivity index (χ0n) is 13.7. The van der Waals surface area contributed by atoms with Crippen molar-refractivity contribution in [2.75, 3.05) is 19.6 Å². The van der Waals surface area contributed by atoms with E-state index in [4.69, 9.17) is 0 Å². The molecule has 3 rings (SSSR count). The second kappa shape index (κ2) is 7.23. The Morgan fingerprint density at radius 2 is 2.08 bits per heavy atom. The van der Waals surface area contributed by atoms with E-state index in [1.807, 2.05) is 6.92 Å². The number of sulfonamides is 1. The molecule has 1 atom stereocenters. The Kier molecular flexibility index (Phi) is 5.70. The lowest BCUT2D eigenvalue weighted by Crippen LogP contribution is -2.39. The topological polar surface area (TPSA) is 82.5 Å². The SMILES string of the molecule is Cc1cnc(O)c2cccc(S(=O)(=O)N3CCNCC[C@@H]3C)c12.Cl. The fraction of sp³-hybridized carbons (Fsp3) is 0.438. The fourth-order valence-electron chi connectivity index (χ4n) is 3.10. The average molecular weight is 372 g/mol. The van der Waals surface area contributed by atoms with Gasteiger partial charge in [-0.15, -0.1) is 12.4 Å². The van der Waals surface area contributed by atoms with Crippen LogP contribution >= 0.6 is 12.4 Å². The minimum absolute atomic E-state index is 0. The third-order valence-electron chi connectivity index (χ3n) is 4.37. The molecule has 1 aromatic carbocycles. The fourth-order valence-corrected chi connectivity index (χ4v) is 5.05. The van der Waals surface area contributed by atoms with Gasteiger partial charge in [-0.25, -0.2) is 13.4 Å². The highest BCUT2D eigenvalue weighted by Crippen LogP contribution is 2.33. The Bertz CT molecular complexity index is 842. The molecule has 1 aliphatic heterocycles. The van der Waals surface area contributed by atoms with E-state index in [2.05, 4.69) is 10.3 Å². The summed E-state index contributed by atoms with van der Waals surface area (Å²) in [6.07, 6.45) is 2.28. The van der Waals surface area contributed by atoms with E-state index in [0.29, 0.717) is 23.9 Å². The lowest BCUT2D eigenvalue weighted by atomic mass is 10.1. The van der Waals surface area contributed by atoms with Gasteiger partial charge in [0.15, 0.2) is 0 Å². The predicted molar refractivity (Wildman–Crippen MR) is 96.2 cm³/mol. The predicted octanol–water partition coefficient (Wildman–Crippen LogP) is 2.04. The van der Waals surface area contributed by atoms with Crippen molar-refractivity contribution >= 4 is 33.2 Å². The van der Waals surface area contributed by atoms with Crippen LogP contribution in [0.4, 0.5) is 0 Å². The molecule has 1 saturated heterocycles. The lowest BCUT2D eigenvalue weighted by Gasteiger charge is -2.26. The number of nitrogens with one attached hydrogen (secondary N) is 1. The number of rotatable bonds is 2. The summed E-state index contributed by atoms with van der Waals surface area (Å²) < 4.78 is 28.0. The lowest BCUT2D eigenvalue weighted by molar-refractivity contribution is 0.350. The Balaban J connectivity index is 0.00000208. The number of halogens is 1. The summed E-state index contributed by atoms with van der Waals surface area (Å²) in [7, 11) is -3.65. The molecule has 132 valence electrons. The van der Waals surface area contributed by atoms with Crippen molar-refractivity contribution in [1.82, 2.24) is 14.6 Å². The molecule has 0 radical (unpaired) electrons. The molecule has 2 heterocycles. The van der Waals surface area contributed by atoms with Crippen LogP contribution in [0.15, 0.2) is 29.3 Å². The van der Waals surface area contributed by atoms with Gasteiger partial charge in [0.2, 0.25) is 15.9 Å².